The fourth-order valence-corrected chi connectivity index (χ4v) is 2.60. The highest BCUT2D eigenvalue weighted by Gasteiger charge is 2.43. The molecule has 1 aliphatic heterocycles. The van der Waals surface area contributed by atoms with Gasteiger partial charge in [-0.15, -0.1) is 0 Å². The van der Waals surface area contributed by atoms with Crippen LogP contribution in [-0.4, -0.2) is 49.8 Å². The fourth-order valence-electron chi connectivity index (χ4n) is 2.60. The van der Waals surface area contributed by atoms with E-state index in [1.165, 1.54) is 6.20 Å². The molecule has 0 spiro atoms. The maximum absolute atomic E-state index is 11.8. The molecule has 0 unspecified atom stereocenters. The standard InChI is InChI=1S/C14H18N4O6/c1-7-4-8(17-24-7)5-15-6-9-11(20)12(21)13(23-9)18-3-2-10(19)16-14(18)22/h2-4,9,11-13,15,20-21H,5-6H2,1H3,(H,16,19,22)/t9-,11-,12-,13-/m1/s1. The molecule has 4 atom stereocenters. The van der Waals surface area contributed by atoms with Crippen molar-refractivity contribution in [1.82, 2.24) is 20.0 Å². The van der Waals surface area contributed by atoms with Crippen molar-refractivity contribution in [2.24, 2.45) is 0 Å². The van der Waals surface area contributed by atoms with Gasteiger partial charge in [-0.05, 0) is 6.92 Å². The minimum absolute atomic E-state index is 0.235. The molecule has 0 amide bonds. The second-order valence-electron chi connectivity index (χ2n) is 5.62. The predicted molar refractivity (Wildman–Crippen MR) is 80.2 cm³/mol. The number of aromatic amines is 1. The lowest BCUT2D eigenvalue weighted by atomic mass is 10.1. The maximum atomic E-state index is 11.8. The van der Waals surface area contributed by atoms with Gasteiger partial charge in [0.25, 0.3) is 5.56 Å². The average molecular weight is 338 g/mol. The van der Waals surface area contributed by atoms with Gasteiger partial charge in [0.15, 0.2) is 6.23 Å². The zero-order valence-electron chi connectivity index (χ0n) is 12.9. The summed E-state index contributed by atoms with van der Waals surface area (Å²) in [7, 11) is 0. The van der Waals surface area contributed by atoms with Crippen LogP contribution in [0, 0.1) is 6.92 Å². The van der Waals surface area contributed by atoms with Crippen molar-refractivity contribution in [3.8, 4) is 0 Å². The number of aliphatic hydroxyl groups excluding tert-OH is 2. The highest BCUT2D eigenvalue weighted by molar-refractivity contribution is 5.03. The number of ether oxygens (including phenoxy) is 1. The quantitative estimate of drug-likeness (QED) is 0.502. The van der Waals surface area contributed by atoms with Crippen molar-refractivity contribution in [3.63, 3.8) is 0 Å². The van der Waals surface area contributed by atoms with Crippen molar-refractivity contribution in [1.29, 1.82) is 0 Å². The largest absolute Gasteiger partial charge is 0.387 e. The minimum Gasteiger partial charge on any atom is -0.387 e. The predicted octanol–water partition coefficient (Wildman–Crippen LogP) is -1.76. The van der Waals surface area contributed by atoms with Crippen molar-refractivity contribution in [2.45, 2.75) is 38.0 Å². The monoisotopic (exact) mass is 338 g/mol. The summed E-state index contributed by atoms with van der Waals surface area (Å²) in [6.07, 6.45) is -3.06. The van der Waals surface area contributed by atoms with Gasteiger partial charge in [-0.2, -0.15) is 0 Å². The Balaban J connectivity index is 1.64. The minimum atomic E-state index is -1.30. The lowest BCUT2D eigenvalue weighted by molar-refractivity contribution is -0.0392. The van der Waals surface area contributed by atoms with Crippen molar-refractivity contribution >= 4 is 0 Å². The van der Waals surface area contributed by atoms with Crippen molar-refractivity contribution in [3.05, 3.63) is 50.6 Å². The van der Waals surface area contributed by atoms with Gasteiger partial charge < -0.3 is 24.8 Å². The molecule has 0 saturated carbocycles. The Morgan fingerprint density at radius 3 is 2.83 bits per heavy atom. The maximum Gasteiger partial charge on any atom is 0.330 e. The van der Waals surface area contributed by atoms with Gasteiger partial charge in [-0.3, -0.25) is 14.3 Å². The summed E-state index contributed by atoms with van der Waals surface area (Å²) in [6, 6.07) is 2.92. The van der Waals surface area contributed by atoms with Crippen LogP contribution in [0.3, 0.4) is 0 Å². The van der Waals surface area contributed by atoms with E-state index in [1.807, 2.05) is 0 Å². The summed E-state index contributed by atoms with van der Waals surface area (Å²) in [6.45, 7) is 2.42. The highest BCUT2D eigenvalue weighted by Crippen LogP contribution is 2.27. The zero-order valence-corrected chi connectivity index (χ0v) is 12.9. The van der Waals surface area contributed by atoms with Gasteiger partial charge in [-0.1, -0.05) is 5.16 Å². The van der Waals surface area contributed by atoms with E-state index in [9.17, 15) is 19.8 Å². The third-order valence-corrected chi connectivity index (χ3v) is 3.79. The molecule has 0 aromatic carbocycles. The molecular weight excluding hydrogens is 320 g/mol. The highest BCUT2D eigenvalue weighted by atomic mass is 16.6. The Hall–Kier alpha value is -2.27. The molecule has 3 heterocycles. The second-order valence-corrected chi connectivity index (χ2v) is 5.62. The number of hydrogen-bond acceptors (Lipinski definition) is 8. The second kappa shape index (κ2) is 6.69. The summed E-state index contributed by atoms with van der Waals surface area (Å²) in [5.41, 5.74) is -0.565. The zero-order chi connectivity index (χ0) is 17.3. The molecule has 4 N–H and O–H groups in total. The first-order chi connectivity index (χ1) is 11.5. The third kappa shape index (κ3) is 3.31. The van der Waals surface area contributed by atoms with Crippen LogP contribution < -0.4 is 16.6 Å². The van der Waals surface area contributed by atoms with Gasteiger partial charge >= 0.3 is 5.69 Å². The van der Waals surface area contributed by atoms with Crippen molar-refractivity contribution < 1.29 is 19.5 Å². The third-order valence-electron chi connectivity index (χ3n) is 3.79. The van der Waals surface area contributed by atoms with Gasteiger partial charge in [0.2, 0.25) is 0 Å². The molecule has 10 heteroatoms. The number of H-pyrrole nitrogens is 1. The smallest absolute Gasteiger partial charge is 0.330 e. The summed E-state index contributed by atoms with van der Waals surface area (Å²) in [4.78, 5) is 25.0. The van der Waals surface area contributed by atoms with Crippen LogP contribution in [0.2, 0.25) is 0 Å². The Bertz CT molecular complexity index is 812. The lowest BCUT2D eigenvalue weighted by Gasteiger charge is -2.16. The topological polar surface area (TPSA) is 143 Å². The first kappa shape index (κ1) is 16.6. The number of rotatable bonds is 5. The van der Waals surface area contributed by atoms with E-state index in [2.05, 4.69) is 15.5 Å². The van der Waals surface area contributed by atoms with E-state index >= 15 is 0 Å². The van der Waals surface area contributed by atoms with Crippen LogP contribution in [0.5, 0.6) is 0 Å². The van der Waals surface area contributed by atoms with E-state index in [-0.39, 0.29) is 6.54 Å². The Morgan fingerprint density at radius 1 is 1.38 bits per heavy atom. The number of aliphatic hydroxyl groups is 2. The molecule has 0 bridgehead atoms. The molecule has 2 aromatic heterocycles. The summed E-state index contributed by atoms with van der Waals surface area (Å²) >= 11 is 0. The number of hydrogen-bond donors (Lipinski definition) is 4. The molecule has 2 aromatic rings. The van der Waals surface area contributed by atoms with Crippen molar-refractivity contribution in [2.75, 3.05) is 6.54 Å². The number of aryl methyl sites for hydroxylation is 1. The van der Waals surface area contributed by atoms with Crippen LogP contribution in [0.1, 0.15) is 17.7 Å². The molecule has 130 valence electrons. The molecule has 0 radical (unpaired) electrons. The van der Waals surface area contributed by atoms with Gasteiger partial charge in [0.1, 0.15) is 24.1 Å². The Labute approximate surface area is 135 Å². The lowest BCUT2D eigenvalue weighted by Crippen LogP contribution is -2.38. The normalized spacial score (nSPS) is 26.8. The van der Waals surface area contributed by atoms with Gasteiger partial charge in [0.05, 0.1) is 5.69 Å². The fraction of sp³-hybridized carbons (Fsp3) is 0.500. The summed E-state index contributed by atoms with van der Waals surface area (Å²) in [5, 5.41) is 27.1. The Kier molecular flexibility index (Phi) is 4.62. The van der Waals surface area contributed by atoms with Crippen LogP contribution in [0.25, 0.3) is 0 Å². The molecule has 1 saturated heterocycles. The molecule has 1 aliphatic rings. The van der Waals surface area contributed by atoms with Gasteiger partial charge in [0, 0.05) is 31.4 Å². The molecule has 1 fully saturated rings. The average Bonchev–Trinajstić information content (AvgIpc) is 3.06. The first-order valence-corrected chi connectivity index (χ1v) is 7.41. The van der Waals surface area contributed by atoms with E-state index in [1.54, 1.807) is 13.0 Å². The van der Waals surface area contributed by atoms with E-state index < -0.39 is 35.8 Å². The van der Waals surface area contributed by atoms with Crippen LogP contribution in [0.15, 0.2) is 32.4 Å². The molecule has 10 nitrogen and oxygen atoms in total. The van der Waals surface area contributed by atoms with Crippen LogP contribution in [-0.2, 0) is 11.3 Å². The summed E-state index contributed by atoms with van der Waals surface area (Å²) < 4.78 is 11.6. The van der Waals surface area contributed by atoms with E-state index in [4.69, 9.17) is 9.26 Å². The van der Waals surface area contributed by atoms with E-state index in [0.717, 1.165) is 10.6 Å². The van der Waals surface area contributed by atoms with Crippen LogP contribution >= 0.6 is 0 Å². The van der Waals surface area contributed by atoms with E-state index in [0.29, 0.717) is 18.0 Å². The summed E-state index contributed by atoms with van der Waals surface area (Å²) in [5.74, 6) is 0.692. The number of aromatic nitrogens is 3. The number of nitrogens with zero attached hydrogens (tertiary/aromatic N) is 2. The SMILES string of the molecule is Cc1cc(CNC[C@H]2O[C@@H](n3ccc(=O)[nH]c3=O)[C@H](O)[C@@H]2O)no1. The first-order valence-electron chi connectivity index (χ1n) is 7.41. The van der Waals surface area contributed by atoms with Gasteiger partial charge in [-0.25, -0.2) is 4.79 Å². The molecule has 3 rings (SSSR count). The molecule has 24 heavy (non-hydrogen) atoms. The molecule has 0 aliphatic carbocycles. The number of nitrogens with one attached hydrogen (secondary N) is 2. The Morgan fingerprint density at radius 2 is 2.17 bits per heavy atom. The molecular formula is C14H18N4O6. The van der Waals surface area contributed by atoms with Crippen LogP contribution in [0.4, 0.5) is 0 Å².